The fourth-order valence-electron chi connectivity index (χ4n) is 2.43. The van der Waals surface area contributed by atoms with Crippen LogP contribution in [0.1, 0.15) is 45.3 Å². The van der Waals surface area contributed by atoms with Gasteiger partial charge in [-0.2, -0.15) is 5.10 Å². The summed E-state index contributed by atoms with van der Waals surface area (Å²) in [4.78, 5) is 0. The highest BCUT2D eigenvalue weighted by atomic mass is 16.5. The van der Waals surface area contributed by atoms with Gasteiger partial charge in [-0.3, -0.25) is 16.0 Å². The molecular formula is C13H24N4O. The number of rotatable bonds is 5. The molecule has 1 aromatic rings. The van der Waals surface area contributed by atoms with E-state index in [-0.39, 0.29) is 12.1 Å². The van der Waals surface area contributed by atoms with Gasteiger partial charge in [0.2, 0.25) is 0 Å². The Labute approximate surface area is 109 Å². The average molecular weight is 252 g/mol. The van der Waals surface area contributed by atoms with Crippen LogP contribution in [0.25, 0.3) is 0 Å². The summed E-state index contributed by atoms with van der Waals surface area (Å²) < 4.78 is 7.84. The van der Waals surface area contributed by atoms with Crippen LogP contribution in [0.5, 0.6) is 0 Å². The van der Waals surface area contributed by atoms with Crippen LogP contribution in [-0.2, 0) is 11.2 Å². The second kappa shape index (κ2) is 5.82. The van der Waals surface area contributed by atoms with Crippen molar-refractivity contribution in [3.63, 3.8) is 0 Å². The first kappa shape index (κ1) is 13.5. The van der Waals surface area contributed by atoms with E-state index in [4.69, 9.17) is 10.6 Å². The monoisotopic (exact) mass is 252 g/mol. The third-order valence-electron chi connectivity index (χ3n) is 3.55. The number of nitrogens with two attached hydrogens (primary N) is 1. The van der Waals surface area contributed by atoms with Crippen LogP contribution >= 0.6 is 0 Å². The van der Waals surface area contributed by atoms with Gasteiger partial charge in [-0.25, -0.2) is 0 Å². The Kier molecular flexibility index (Phi) is 4.37. The molecule has 5 heteroatoms. The van der Waals surface area contributed by atoms with Gasteiger partial charge in [0.15, 0.2) is 0 Å². The third-order valence-corrected chi connectivity index (χ3v) is 3.55. The second-order valence-electron chi connectivity index (χ2n) is 5.42. The lowest BCUT2D eigenvalue weighted by atomic mass is 10.0. The standard InChI is InChI=1S/C13H24N4O/c1-9(2)17-7-6-11(16-17)8-12(15-14)13-5-4-10(3)18-13/h6-7,9-10,12-13,15H,4-5,8,14H2,1-3H3. The van der Waals surface area contributed by atoms with Crippen molar-refractivity contribution < 1.29 is 4.74 Å². The molecule has 0 spiro atoms. The molecule has 0 aliphatic carbocycles. The molecular weight excluding hydrogens is 228 g/mol. The molecule has 1 saturated heterocycles. The van der Waals surface area contributed by atoms with Crippen LogP contribution in [0.4, 0.5) is 0 Å². The van der Waals surface area contributed by atoms with E-state index in [9.17, 15) is 0 Å². The Balaban J connectivity index is 1.96. The summed E-state index contributed by atoms with van der Waals surface area (Å²) in [7, 11) is 0. The van der Waals surface area contributed by atoms with Gasteiger partial charge in [0, 0.05) is 18.7 Å². The van der Waals surface area contributed by atoms with Crippen molar-refractivity contribution in [2.45, 2.75) is 64.3 Å². The highest BCUT2D eigenvalue weighted by Gasteiger charge is 2.29. The second-order valence-corrected chi connectivity index (χ2v) is 5.42. The Bertz CT molecular complexity index is 377. The van der Waals surface area contributed by atoms with Gasteiger partial charge in [-0.15, -0.1) is 0 Å². The van der Waals surface area contributed by atoms with Gasteiger partial charge in [-0.05, 0) is 39.7 Å². The van der Waals surface area contributed by atoms with E-state index in [0.29, 0.717) is 12.1 Å². The van der Waals surface area contributed by atoms with E-state index in [2.05, 4.69) is 37.4 Å². The van der Waals surface area contributed by atoms with Gasteiger partial charge in [0.25, 0.3) is 0 Å². The Morgan fingerprint density at radius 1 is 1.56 bits per heavy atom. The molecule has 3 N–H and O–H groups in total. The molecule has 3 atom stereocenters. The number of hydrazine groups is 1. The summed E-state index contributed by atoms with van der Waals surface area (Å²) in [5.74, 6) is 5.65. The molecule has 1 fully saturated rings. The van der Waals surface area contributed by atoms with Gasteiger partial charge >= 0.3 is 0 Å². The zero-order valence-electron chi connectivity index (χ0n) is 11.5. The van der Waals surface area contributed by atoms with Crippen LogP contribution in [-0.4, -0.2) is 28.0 Å². The van der Waals surface area contributed by atoms with Gasteiger partial charge < -0.3 is 4.74 Å². The van der Waals surface area contributed by atoms with Crippen LogP contribution in [0.2, 0.25) is 0 Å². The normalized spacial score (nSPS) is 25.8. The molecule has 0 bridgehead atoms. The minimum Gasteiger partial charge on any atom is -0.374 e. The molecule has 0 aromatic carbocycles. The van der Waals surface area contributed by atoms with E-state index in [1.165, 1.54) is 0 Å². The summed E-state index contributed by atoms with van der Waals surface area (Å²) in [5.41, 5.74) is 3.94. The average Bonchev–Trinajstić information content (AvgIpc) is 2.94. The smallest absolute Gasteiger partial charge is 0.0749 e. The van der Waals surface area contributed by atoms with Crippen LogP contribution in [0.15, 0.2) is 12.3 Å². The van der Waals surface area contributed by atoms with Crippen molar-refractivity contribution in [2.24, 2.45) is 5.84 Å². The zero-order chi connectivity index (χ0) is 13.1. The summed E-state index contributed by atoms with van der Waals surface area (Å²) in [6.07, 6.45) is 5.57. The molecule has 18 heavy (non-hydrogen) atoms. The Morgan fingerprint density at radius 3 is 2.83 bits per heavy atom. The summed E-state index contributed by atoms with van der Waals surface area (Å²) >= 11 is 0. The number of ether oxygens (including phenoxy) is 1. The number of nitrogens with zero attached hydrogens (tertiary/aromatic N) is 2. The van der Waals surface area contributed by atoms with Crippen molar-refractivity contribution in [1.82, 2.24) is 15.2 Å². The quantitative estimate of drug-likeness (QED) is 0.614. The molecule has 1 aliphatic rings. The first-order valence-electron chi connectivity index (χ1n) is 6.75. The summed E-state index contributed by atoms with van der Waals surface area (Å²) in [5, 5.41) is 4.55. The third kappa shape index (κ3) is 3.10. The Morgan fingerprint density at radius 2 is 2.33 bits per heavy atom. The lowest BCUT2D eigenvalue weighted by Gasteiger charge is -2.22. The predicted molar refractivity (Wildman–Crippen MR) is 71.0 cm³/mol. The molecule has 2 heterocycles. The molecule has 3 unspecified atom stereocenters. The molecule has 5 nitrogen and oxygen atoms in total. The minimum atomic E-state index is 0.144. The van der Waals surface area contributed by atoms with Gasteiger partial charge in [0.1, 0.15) is 0 Å². The predicted octanol–water partition coefficient (Wildman–Crippen LogP) is 1.41. The van der Waals surface area contributed by atoms with Crippen molar-refractivity contribution in [2.75, 3.05) is 0 Å². The highest BCUT2D eigenvalue weighted by molar-refractivity contribution is 5.03. The van der Waals surface area contributed by atoms with Crippen LogP contribution < -0.4 is 11.3 Å². The topological polar surface area (TPSA) is 65.1 Å². The van der Waals surface area contributed by atoms with Gasteiger partial charge in [0.05, 0.1) is 23.9 Å². The van der Waals surface area contributed by atoms with E-state index in [1.54, 1.807) is 0 Å². The largest absolute Gasteiger partial charge is 0.374 e. The van der Waals surface area contributed by atoms with E-state index < -0.39 is 0 Å². The lowest BCUT2D eigenvalue weighted by molar-refractivity contribution is 0.0318. The molecule has 102 valence electrons. The molecule has 2 rings (SSSR count). The Hall–Kier alpha value is -0.910. The van der Waals surface area contributed by atoms with Crippen molar-refractivity contribution in [3.8, 4) is 0 Å². The lowest BCUT2D eigenvalue weighted by Crippen LogP contribution is -2.45. The first-order chi connectivity index (χ1) is 8.60. The fraction of sp³-hybridized carbons (Fsp3) is 0.769. The first-order valence-corrected chi connectivity index (χ1v) is 6.75. The van der Waals surface area contributed by atoms with E-state index in [1.807, 2.05) is 10.9 Å². The molecule has 1 aromatic heterocycles. The van der Waals surface area contributed by atoms with Crippen LogP contribution in [0.3, 0.4) is 0 Å². The molecule has 1 aliphatic heterocycles. The van der Waals surface area contributed by atoms with Crippen molar-refractivity contribution >= 4 is 0 Å². The van der Waals surface area contributed by atoms with Gasteiger partial charge in [-0.1, -0.05) is 0 Å². The maximum absolute atomic E-state index is 5.86. The summed E-state index contributed by atoms with van der Waals surface area (Å²) in [6, 6.07) is 2.60. The molecule has 0 radical (unpaired) electrons. The summed E-state index contributed by atoms with van der Waals surface area (Å²) in [6.45, 7) is 6.36. The number of nitrogens with one attached hydrogen (secondary N) is 1. The minimum absolute atomic E-state index is 0.144. The van der Waals surface area contributed by atoms with Crippen molar-refractivity contribution in [1.29, 1.82) is 0 Å². The molecule has 0 amide bonds. The highest BCUT2D eigenvalue weighted by Crippen LogP contribution is 2.23. The van der Waals surface area contributed by atoms with E-state index in [0.717, 1.165) is 25.0 Å². The zero-order valence-corrected chi connectivity index (χ0v) is 11.5. The fourth-order valence-corrected chi connectivity index (χ4v) is 2.43. The number of hydrogen-bond donors (Lipinski definition) is 2. The van der Waals surface area contributed by atoms with Crippen molar-refractivity contribution in [3.05, 3.63) is 18.0 Å². The maximum atomic E-state index is 5.86. The van der Waals surface area contributed by atoms with Crippen LogP contribution in [0, 0.1) is 0 Å². The maximum Gasteiger partial charge on any atom is 0.0749 e. The number of aromatic nitrogens is 2. The number of hydrogen-bond acceptors (Lipinski definition) is 4. The SMILES string of the molecule is CC1CCC(C(Cc2ccn(C(C)C)n2)NN)O1. The molecule has 0 saturated carbocycles. The van der Waals surface area contributed by atoms with E-state index >= 15 is 0 Å².